The highest BCUT2D eigenvalue weighted by atomic mass is 19.1. The number of pyridine rings is 1. The molecule has 0 aliphatic heterocycles. The summed E-state index contributed by atoms with van der Waals surface area (Å²) in [6.45, 7) is 2.52. The summed E-state index contributed by atoms with van der Waals surface area (Å²) in [6, 6.07) is 17.3. The predicted molar refractivity (Wildman–Crippen MR) is 97.1 cm³/mol. The van der Waals surface area contributed by atoms with Gasteiger partial charge < -0.3 is 10.6 Å². The standard InChI is InChI=1S/C20H18FN3O/c1-14-3-2-4-17(11-14)24-20(25)19-10-9-18(13-23-19)22-12-15-5-7-16(21)8-6-15/h2-11,13,22H,12H2,1H3,(H,24,25). The fourth-order valence-corrected chi connectivity index (χ4v) is 2.36. The highest BCUT2D eigenvalue weighted by Crippen LogP contribution is 2.13. The Morgan fingerprint density at radius 1 is 1.04 bits per heavy atom. The van der Waals surface area contributed by atoms with Gasteiger partial charge in [0.15, 0.2) is 0 Å². The number of benzene rings is 2. The smallest absolute Gasteiger partial charge is 0.274 e. The number of hydrogen-bond acceptors (Lipinski definition) is 3. The molecular formula is C20H18FN3O. The van der Waals surface area contributed by atoms with Crippen LogP contribution in [-0.2, 0) is 6.54 Å². The van der Waals surface area contributed by atoms with Gasteiger partial charge in [-0.05, 0) is 54.4 Å². The third-order valence-corrected chi connectivity index (χ3v) is 3.68. The highest BCUT2D eigenvalue weighted by molar-refractivity contribution is 6.02. The van der Waals surface area contributed by atoms with E-state index in [-0.39, 0.29) is 11.7 Å². The molecule has 0 radical (unpaired) electrons. The van der Waals surface area contributed by atoms with E-state index in [1.807, 2.05) is 31.2 Å². The molecule has 0 unspecified atom stereocenters. The summed E-state index contributed by atoms with van der Waals surface area (Å²) >= 11 is 0. The zero-order valence-electron chi connectivity index (χ0n) is 13.8. The molecule has 1 heterocycles. The second-order valence-electron chi connectivity index (χ2n) is 5.74. The monoisotopic (exact) mass is 335 g/mol. The number of aromatic nitrogens is 1. The summed E-state index contributed by atoms with van der Waals surface area (Å²) in [5.41, 5.74) is 3.91. The van der Waals surface area contributed by atoms with Gasteiger partial charge in [-0.25, -0.2) is 9.37 Å². The third-order valence-electron chi connectivity index (χ3n) is 3.68. The fraction of sp³-hybridized carbons (Fsp3) is 0.100. The van der Waals surface area contributed by atoms with Gasteiger partial charge in [-0.3, -0.25) is 4.79 Å². The summed E-state index contributed by atoms with van der Waals surface area (Å²) in [6.07, 6.45) is 1.61. The fourth-order valence-electron chi connectivity index (χ4n) is 2.36. The number of nitrogens with zero attached hydrogens (tertiary/aromatic N) is 1. The van der Waals surface area contributed by atoms with E-state index in [2.05, 4.69) is 15.6 Å². The van der Waals surface area contributed by atoms with Gasteiger partial charge in [0.2, 0.25) is 0 Å². The van der Waals surface area contributed by atoms with Crippen LogP contribution in [0.1, 0.15) is 21.6 Å². The van der Waals surface area contributed by atoms with Crippen LogP contribution in [0.3, 0.4) is 0 Å². The van der Waals surface area contributed by atoms with E-state index in [1.54, 1.807) is 30.5 Å². The second kappa shape index (κ2) is 7.57. The van der Waals surface area contributed by atoms with Gasteiger partial charge >= 0.3 is 0 Å². The van der Waals surface area contributed by atoms with Gasteiger partial charge in [-0.15, -0.1) is 0 Å². The van der Waals surface area contributed by atoms with Crippen molar-refractivity contribution in [2.75, 3.05) is 10.6 Å². The average molecular weight is 335 g/mol. The van der Waals surface area contributed by atoms with E-state index in [0.29, 0.717) is 12.2 Å². The molecule has 2 N–H and O–H groups in total. The number of nitrogens with one attached hydrogen (secondary N) is 2. The second-order valence-corrected chi connectivity index (χ2v) is 5.74. The SMILES string of the molecule is Cc1cccc(NC(=O)c2ccc(NCc3ccc(F)cc3)cn2)c1. The Morgan fingerprint density at radius 2 is 1.84 bits per heavy atom. The first-order chi connectivity index (χ1) is 12.1. The molecule has 0 saturated heterocycles. The normalized spacial score (nSPS) is 10.3. The molecule has 0 fully saturated rings. The van der Waals surface area contributed by atoms with Crippen LogP contribution in [0.5, 0.6) is 0 Å². The largest absolute Gasteiger partial charge is 0.380 e. The lowest BCUT2D eigenvalue weighted by atomic mass is 10.2. The van der Waals surface area contributed by atoms with Gasteiger partial charge in [0.05, 0.1) is 11.9 Å². The molecule has 1 aromatic heterocycles. The molecular weight excluding hydrogens is 317 g/mol. The molecule has 3 rings (SSSR count). The van der Waals surface area contributed by atoms with E-state index in [9.17, 15) is 9.18 Å². The van der Waals surface area contributed by atoms with Crippen molar-refractivity contribution < 1.29 is 9.18 Å². The quantitative estimate of drug-likeness (QED) is 0.727. The summed E-state index contributed by atoms with van der Waals surface area (Å²) in [5, 5.41) is 6.01. The minimum atomic E-state index is -0.255. The summed E-state index contributed by atoms with van der Waals surface area (Å²) < 4.78 is 12.9. The molecule has 126 valence electrons. The first-order valence-corrected chi connectivity index (χ1v) is 7.92. The van der Waals surface area contributed by atoms with Crippen LogP contribution < -0.4 is 10.6 Å². The van der Waals surface area contributed by atoms with Crippen molar-refractivity contribution in [3.63, 3.8) is 0 Å². The molecule has 1 amide bonds. The molecule has 0 atom stereocenters. The van der Waals surface area contributed by atoms with Crippen LogP contribution in [-0.4, -0.2) is 10.9 Å². The number of carbonyl (C=O) groups is 1. The Kier molecular flexibility index (Phi) is 5.04. The van der Waals surface area contributed by atoms with E-state index in [0.717, 1.165) is 22.5 Å². The van der Waals surface area contributed by atoms with E-state index in [4.69, 9.17) is 0 Å². The molecule has 25 heavy (non-hydrogen) atoms. The minimum absolute atomic E-state index is 0.254. The van der Waals surface area contributed by atoms with Crippen molar-refractivity contribution in [2.45, 2.75) is 13.5 Å². The van der Waals surface area contributed by atoms with Gasteiger partial charge in [-0.1, -0.05) is 24.3 Å². The van der Waals surface area contributed by atoms with Crippen molar-refractivity contribution in [3.8, 4) is 0 Å². The maximum absolute atomic E-state index is 12.9. The predicted octanol–water partition coefficient (Wildman–Crippen LogP) is 4.39. The van der Waals surface area contributed by atoms with Crippen LogP contribution in [0.25, 0.3) is 0 Å². The molecule has 0 aliphatic carbocycles. The molecule has 0 bridgehead atoms. The van der Waals surface area contributed by atoms with Crippen LogP contribution in [0.4, 0.5) is 15.8 Å². The first kappa shape index (κ1) is 16.6. The molecule has 0 saturated carbocycles. The maximum Gasteiger partial charge on any atom is 0.274 e. The number of hydrogen-bond donors (Lipinski definition) is 2. The summed E-state index contributed by atoms with van der Waals surface area (Å²) in [5.74, 6) is -0.509. The van der Waals surface area contributed by atoms with E-state index >= 15 is 0 Å². The molecule has 2 aromatic carbocycles. The highest BCUT2D eigenvalue weighted by Gasteiger charge is 2.07. The molecule has 3 aromatic rings. The maximum atomic E-state index is 12.9. The minimum Gasteiger partial charge on any atom is -0.380 e. The molecule has 0 spiro atoms. The van der Waals surface area contributed by atoms with Crippen molar-refractivity contribution in [2.24, 2.45) is 0 Å². The number of halogens is 1. The van der Waals surface area contributed by atoms with Crippen molar-refractivity contribution in [1.82, 2.24) is 4.98 Å². The van der Waals surface area contributed by atoms with Crippen molar-refractivity contribution in [3.05, 3.63) is 89.5 Å². The lowest BCUT2D eigenvalue weighted by Gasteiger charge is -2.08. The average Bonchev–Trinajstić information content (AvgIpc) is 2.62. The first-order valence-electron chi connectivity index (χ1n) is 7.92. The Balaban J connectivity index is 1.59. The van der Waals surface area contributed by atoms with E-state index < -0.39 is 0 Å². The number of aryl methyl sites for hydroxylation is 1. The topological polar surface area (TPSA) is 54.0 Å². The van der Waals surface area contributed by atoms with Gasteiger partial charge in [0.25, 0.3) is 5.91 Å². The van der Waals surface area contributed by atoms with Crippen LogP contribution >= 0.6 is 0 Å². The van der Waals surface area contributed by atoms with Crippen LogP contribution in [0.15, 0.2) is 66.9 Å². The zero-order chi connectivity index (χ0) is 17.6. The van der Waals surface area contributed by atoms with Crippen molar-refractivity contribution in [1.29, 1.82) is 0 Å². The molecule has 4 nitrogen and oxygen atoms in total. The summed E-state index contributed by atoms with van der Waals surface area (Å²) in [7, 11) is 0. The number of anilines is 2. The lowest BCUT2D eigenvalue weighted by Crippen LogP contribution is -2.13. The molecule has 5 heteroatoms. The lowest BCUT2D eigenvalue weighted by molar-refractivity contribution is 0.102. The van der Waals surface area contributed by atoms with Gasteiger partial charge in [0.1, 0.15) is 11.5 Å². The van der Waals surface area contributed by atoms with Crippen LogP contribution in [0.2, 0.25) is 0 Å². The zero-order valence-corrected chi connectivity index (χ0v) is 13.8. The Morgan fingerprint density at radius 3 is 2.52 bits per heavy atom. The third kappa shape index (κ3) is 4.64. The van der Waals surface area contributed by atoms with Crippen LogP contribution in [0, 0.1) is 12.7 Å². The Labute approximate surface area is 145 Å². The Hall–Kier alpha value is -3.21. The number of carbonyl (C=O) groups excluding carboxylic acids is 1. The number of rotatable bonds is 5. The van der Waals surface area contributed by atoms with Gasteiger partial charge in [-0.2, -0.15) is 0 Å². The Bertz CT molecular complexity index is 861. The summed E-state index contributed by atoms with van der Waals surface area (Å²) in [4.78, 5) is 16.4. The number of amides is 1. The van der Waals surface area contributed by atoms with Crippen molar-refractivity contribution >= 4 is 17.3 Å². The molecule has 0 aliphatic rings. The van der Waals surface area contributed by atoms with E-state index in [1.165, 1.54) is 12.1 Å². The van der Waals surface area contributed by atoms with Gasteiger partial charge in [0, 0.05) is 12.2 Å².